The van der Waals surface area contributed by atoms with Gasteiger partial charge in [0, 0.05) is 44.5 Å². The topological polar surface area (TPSA) is 49.9 Å². The van der Waals surface area contributed by atoms with Gasteiger partial charge < -0.3 is 14.5 Å². The molecule has 0 aliphatic heterocycles. The standard InChI is InChI=1S/C21H23ClN2O3/c1-23(2)19-11-6-17(7-12-19)14-24(3)20(25)15-27-21(26)13-8-16-4-9-18(22)10-5-16/h4-13H,14-15H2,1-3H3/b13-8+. The fraction of sp³-hybridized carbons (Fsp3) is 0.238. The minimum Gasteiger partial charge on any atom is -0.452 e. The number of halogens is 1. The van der Waals surface area contributed by atoms with Crippen LogP contribution in [0.2, 0.25) is 5.02 Å². The Morgan fingerprint density at radius 1 is 1.00 bits per heavy atom. The lowest BCUT2D eigenvalue weighted by molar-refractivity contribution is -0.147. The summed E-state index contributed by atoms with van der Waals surface area (Å²) in [6.07, 6.45) is 2.90. The molecule has 0 aromatic heterocycles. The zero-order valence-electron chi connectivity index (χ0n) is 15.7. The fourth-order valence-corrected chi connectivity index (χ4v) is 2.42. The highest BCUT2D eigenvalue weighted by molar-refractivity contribution is 6.30. The van der Waals surface area contributed by atoms with Crippen molar-refractivity contribution in [2.24, 2.45) is 0 Å². The molecule has 27 heavy (non-hydrogen) atoms. The van der Waals surface area contributed by atoms with Gasteiger partial charge in [0.25, 0.3) is 5.91 Å². The Morgan fingerprint density at radius 2 is 1.63 bits per heavy atom. The normalized spacial score (nSPS) is 10.7. The molecule has 0 heterocycles. The van der Waals surface area contributed by atoms with Crippen LogP contribution in [-0.2, 0) is 20.9 Å². The maximum absolute atomic E-state index is 12.1. The molecule has 2 rings (SSSR count). The average molecular weight is 387 g/mol. The first kappa shape index (κ1) is 20.5. The molecule has 0 spiro atoms. The molecule has 0 saturated carbocycles. The lowest BCUT2D eigenvalue weighted by Gasteiger charge is -2.18. The van der Waals surface area contributed by atoms with Crippen molar-refractivity contribution >= 4 is 35.2 Å². The van der Waals surface area contributed by atoms with Gasteiger partial charge in [0.1, 0.15) is 0 Å². The SMILES string of the molecule is CN(Cc1ccc(N(C)C)cc1)C(=O)COC(=O)/C=C/c1ccc(Cl)cc1. The van der Waals surface area contributed by atoms with Gasteiger partial charge in [-0.05, 0) is 41.5 Å². The third-order valence-corrected chi connectivity index (χ3v) is 4.17. The van der Waals surface area contributed by atoms with Gasteiger partial charge in [-0.15, -0.1) is 0 Å². The van der Waals surface area contributed by atoms with Crippen molar-refractivity contribution < 1.29 is 14.3 Å². The summed E-state index contributed by atoms with van der Waals surface area (Å²) in [6.45, 7) is 0.154. The first-order valence-corrected chi connectivity index (χ1v) is 8.83. The van der Waals surface area contributed by atoms with E-state index in [0.717, 1.165) is 16.8 Å². The molecule has 0 aliphatic rings. The molecule has 0 unspecified atom stereocenters. The fourth-order valence-electron chi connectivity index (χ4n) is 2.29. The van der Waals surface area contributed by atoms with Crippen molar-refractivity contribution in [3.05, 3.63) is 70.8 Å². The molecule has 0 N–H and O–H groups in total. The Labute approximate surface area is 164 Å². The largest absolute Gasteiger partial charge is 0.452 e. The molecule has 5 nitrogen and oxygen atoms in total. The molecular weight excluding hydrogens is 364 g/mol. The van der Waals surface area contributed by atoms with Gasteiger partial charge in [0.15, 0.2) is 6.61 Å². The predicted molar refractivity (Wildman–Crippen MR) is 109 cm³/mol. The van der Waals surface area contributed by atoms with Crippen LogP contribution in [0.15, 0.2) is 54.6 Å². The highest BCUT2D eigenvalue weighted by Gasteiger charge is 2.11. The number of rotatable bonds is 7. The second-order valence-corrected chi connectivity index (χ2v) is 6.74. The van der Waals surface area contributed by atoms with Crippen molar-refractivity contribution in [2.75, 3.05) is 32.6 Å². The van der Waals surface area contributed by atoms with Crippen LogP contribution >= 0.6 is 11.6 Å². The maximum Gasteiger partial charge on any atom is 0.331 e. The van der Waals surface area contributed by atoms with E-state index in [4.69, 9.17) is 16.3 Å². The number of nitrogens with zero attached hydrogens (tertiary/aromatic N) is 2. The number of ether oxygens (including phenoxy) is 1. The lowest BCUT2D eigenvalue weighted by Crippen LogP contribution is -2.30. The van der Waals surface area contributed by atoms with E-state index in [9.17, 15) is 9.59 Å². The van der Waals surface area contributed by atoms with Gasteiger partial charge in [0.2, 0.25) is 0 Å². The third-order valence-electron chi connectivity index (χ3n) is 3.92. The number of hydrogen-bond acceptors (Lipinski definition) is 4. The van der Waals surface area contributed by atoms with Gasteiger partial charge in [-0.3, -0.25) is 4.79 Å². The van der Waals surface area contributed by atoms with E-state index in [1.807, 2.05) is 43.3 Å². The van der Waals surface area contributed by atoms with Crippen LogP contribution < -0.4 is 4.90 Å². The lowest BCUT2D eigenvalue weighted by atomic mass is 10.2. The van der Waals surface area contributed by atoms with E-state index in [-0.39, 0.29) is 12.5 Å². The maximum atomic E-state index is 12.1. The van der Waals surface area contributed by atoms with E-state index in [2.05, 4.69) is 0 Å². The number of benzene rings is 2. The summed E-state index contributed by atoms with van der Waals surface area (Å²) in [6, 6.07) is 15.0. The summed E-state index contributed by atoms with van der Waals surface area (Å²) >= 11 is 5.81. The zero-order valence-corrected chi connectivity index (χ0v) is 16.4. The van der Waals surface area contributed by atoms with Crippen LogP contribution in [-0.4, -0.2) is 44.5 Å². The number of anilines is 1. The van der Waals surface area contributed by atoms with Gasteiger partial charge in [-0.25, -0.2) is 4.79 Å². The van der Waals surface area contributed by atoms with Crippen molar-refractivity contribution in [3.8, 4) is 0 Å². The zero-order chi connectivity index (χ0) is 19.8. The highest BCUT2D eigenvalue weighted by atomic mass is 35.5. The minimum atomic E-state index is -0.568. The number of carbonyl (C=O) groups excluding carboxylic acids is 2. The highest BCUT2D eigenvalue weighted by Crippen LogP contribution is 2.13. The average Bonchev–Trinajstić information content (AvgIpc) is 2.66. The van der Waals surface area contributed by atoms with Crippen LogP contribution in [0.25, 0.3) is 6.08 Å². The minimum absolute atomic E-state index is 0.264. The van der Waals surface area contributed by atoms with Crippen molar-refractivity contribution in [1.82, 2.24) is 4.90 Å². The molecular formula is C21H23ClN2O3. The van der Waals surface area contributed by atoms with Crippen LogP contribution in [0.5, 0.6) is 0 Å². The van der Waals surface area contributed by atoms with Crippen LogP contribution in [0.3, 0.4) is 0 Å². The van der Waals surface area contributed by atoms with Crippen LogP contribution in [0, 0.1) is 0 Å². The summed E-state index contributed by atoms with van der Waals surface area (Å²) in [4.78, 5) is 27.4. The number of likely N-dealkylation sites (N-methyl/N-ethyl adjacent to an activating group) is 1. The molecule has 0 aliphatic carbocycles. The Morgan fingerprint density at radius 3 is 2.22 bits per heavy atom. The molecule has 0 fully saturated rings. The van der Waals surface area contributed by atoms with Gasteiger partial charge in [-0.2, -0.15) is 0 Å². The van der Waals surface area contributed by atoms with Crippen LogP contribution in [0.4, 0.5) is 5.69 Å². The number of hydrogen-bond donors (Lipinski definition) is 0. The van der Waals surface area contributed by atoms with E-state index in [1.54, 1.807) is 37.4 Å². The molecule has 1 amide bonds. The molecule has 2 aromatic rings. The summed E-state index contributed by atoms with van der Waals surface area (Å²) in [5.74, 6) is -0.832. The quantitative estimate of drug-likeness (QED) is 0.538. The van der Waals surface area contributed by atoms with Gasteiger partial charge in [0.05, 0.1) is 0 Å². The molecule has 6 heteroatoms. The Kier molecular flexibility index (Phi) is 7.44. The monoisotopic (exact) mass is 386 g/mol. The van der Waals surface area contributed by atoms with Crippen molar-refractivity contribution in [2.45, 2.75) is 6.54 Å². The summed E-state index contributed by atoms with van der Waals surface area (Å²) in [5.41, 5.74) is 2.92. The molecule has 0 bridgehead atoms. The second-order valence-electron chi connectivity index (χ2n) is 6.30. The molecule has 142 valence electrons. The second kappa shape index (κ2) is 9.78. The first-order valence-electron chi connectivity index (χ1n) is 8.46. The van der Waals surface area contributed by atoms with E-state index in [0.29, 0.717) is 11.6 Å². The summed E-state index contributed by atoms with van der Waals surface area (Å²) in [7, 11) is 5.63. The number of carbonyl (C=O) groups is 2. The van der Waals surface area contributed by atoms with Crippen molar-refractivity contribution in [1.29, 1.82) is 0 Å². The smallest absolute Gasteiger partial charge is 0.331 e. The predicted octanol–water partition coefficient (Wildman–Crippen LogP) is 3.62. The number of amides is 1. The van der Waals surface area contributed by atoms with Gasteiger partial charge in [-0.1, -0.05) is 35.9 Å². The van der Waals surface area contributed by atoms with Gasteiger partial charge >= 0.3 is 5.97 Å². The first-order chi connectivity index (χ1) is 12.8. The molecule has 0 radical (unpaired) electrons. The van der Waals surface area contributed by atoms with Crippen molar-refractivity contribution in [3.63, 3.8) is 0 Å². The molecule has 0 atom stereocenters. The summed E-state index contributed by atoms with van der Waals surface area (Å²) in [5, 5.41) is 0.625. The van der Waals surface area contributed by atoms with Crippen LogP contribution in [0.1, 0.15) is 11.1 Å². The number of esters is 1. The Bertz CT molecular complexity index is 799. The Hall–Kier alpha value is -2.79. The van der Waals surface area contributed by atoms with E-state index in [1.165, 1.54) is 11.0 Å². The summed E-state index contributed by atoms with van der Waals surface area (Å²) < 4.78 is 5.01. The Balaban J connectivity index is 1.79. The molecule has 2 aromatic carbocycles. The molecule has 0 saturated heterocycles. The van der Waals surface area contributed by atoms with E-state index >= 15 is 0 Å². The van der Waals surface area contributed by atoms with E-state index < -0.39 is 5.97 Å². The third kappa shape index (κ3) is 6.79.